The van der Waals surface area contributed by atoms with Crippen molar-refractivity contribution in [2.24, 2.45) is 5.92 Å². The summed E-state index contributed by atoms with van der Waals surface area (Å²) in [6.07, 6.45) is 2.34. The highest BCUT2D eigenvalue weighted by Crippen LogP contribution is 2.38. The van der Waals surface area contributed by atoms with E-state index in [0.29, 0.717) is 19.0 Å². The lowest BCUT2D eigenvalue weighted by molar-refractivity contribution is 0.0288. The number of pyridine rings is 1. The fourth-order valence-corrected chi connectivity index (χ4v) is 3.03. The van der Waals surface area contributed by atoms with Crippen LogP contribution in [0.1, 0.15) is 38.0 Å². The van der Waals surface area contributed by atoms with E-state index in [1.165, 1.54) is 0 Å². The molecule has 0 N–H and O–H groups in total. The summed E-state index contributed by atoms with van der Waals surface area (Å²) in [5.74, 6) is 0.854. The quantitative estimate of drug-likeness (QED) is 0.867. The summed E-state index contributed by atoms with van der Waals surface area (Å²) in [6.45, 7) is 6.96. The summed E-state index contributed by atoms with van der Waals surface area (Å²) < 4.78 is 10.7. The molecule has 0 bridgehead atoms. The summed E-state index contributed by atoms with van der Waals surface area (Å²) in [7, 11) is 1.61. The summed E-state index contributed by atoms with van der Waals surface area (Å²) in [5.41, 5.74) is 0.492. The molecule has 0 radical (unpaired) electrons. The minimum Gasteiger partial charge on any atom is -0.481 e. The highest BCUT2D eigenvalue weighted by atomic mass is 32.1. The van der Waals surface area contributed by atoms with Gasteiger partial charge in [-0.3, -0.25) is 0 Å². The van der Waals surface area contributed by atoms with Gasteiger partial charge in [-0.25, -0.2) is 9.78 Å². The number of carbonyl (C=O) groups excluding carboxylic acids is 1. The second-order valence-corrected chi connectivity index (χ2v) is 7.08. The Morgan fingerprint density at radius 1 is 1.50 bits per heavy atom. The second-order valence-electron chi connectivity index (χ2n) is 6.52. The molecule has 1 aromatic heterocycles. The van der Waals surface area contributed by atoms with Crippen molar-refractivity contribution in [2.45, 2.75) is 38.0 Å². The first-order valence-corrected chi connectivity index (χ1v) is 7.98. The molecule has 6 heteroatoms. The van der Waals surface area contributed by atoms with E-state index >= 15 is 0 Å². The predicted molar refractivity (Wildman–Crippen MR) is 88.4 cm³/mol. The Morgan fingerprint density at radius 3 is 2.86 bits per heavy atom. The zero-order valence-electron chi connectivity index (χ0n) is 13.6. The van der Waals surface area contributed by atoms with Crippen LogP contribution in [0.5, 0.6) is 5.88 Å². The van der Waals surface area contributed by atoms with E-state index in [2.05, 4.69) is 4.98 Å². The number of carbonyl (C=O) groups is 1. The van der Waals surface area contributed by atoms with Gasteiger partial charge in [0.1, 0.15) is 5.60 Å². The van der Waals surface area contributed by atoms with Crippen LogP contribution >= 0.6 is 12.6 Å². The van der Waals surface area contributed by atoms with Crippen molar-refractivity contribution in [1.82, 2.24) is 9.88 Å². The normalized spacial score (nSPS) is 19.9. The minimum atomic E-state index is -0.470. The molecule has 0 aromatic carbocycles. The van der Waals surface area contributed by atoms with Crippen molar-refractivity contribution in [2.75, 3.05) is 20.2 Å². The van der Waals surface area contributed by atoms with Crippen LogP contribution in [0.25, 0.3) is 0 Å². The molecular formula is C16H24N2O3S. The first kappa shape index (κ1) is 16.9. The van der Waals surface area contributed by atoms with Gasteiger partial charge in [0.2, 0.25) is 5.88 Å². The average Bonchev–Trinajstić information content (AvgIpc) is 2.94. The molecule has 1 aromatic rings. The van der Waals surface area contributed by atoms with Gasteiger partial charge in [0.15, 0.2) is 0 Å². The van der Waals surface area contributed by atoms with Crippen LogP contribution in [0.15, 0.2) is 18.3 Å². The van der Waals surface area contributed by atoms with E-state index in [9.17, 15) is 4.79 Å². The Labute approximate surface area is 137 Å². The molecule has 1 amide bonds. The van der Waals surface area contributed by atoms with Crippen LogP contribution in [-0.2, 0) is 4.74 Å². The van der Waals surface area contributed by atoms with Gasteiger partial charge in [0.05, 0.1) is 7.11 Å². The van der Waals surface area contributed by atoms with Gasteiger partial charge in [-0.1, -0.05) is 6.07 Å². The van der Waals surface area contributed by atoms with Gasteiger partial charge < -0.3 is 14.4 Å². The number of methoxy groups -OCH3 is 1. The van der Waals surface area contributed by atoms with Crippen molar-refractivity contribution >= 4 is 18.7 Å². The molecule has 22 heavy (non-hydrogen) atoms. The van der Waals surface area contributed by atoms with Crippen molar-refractivity contribution in [1.29, 1.82) is 0 Å². The Hall–Kier alpha value is -1.43. The molecule has 2 heterocycles. The van der Waals surface area contributed by atoms with E-state index < -0.39 is 5.60 Å². The van der Waals surface area contributed by atoms with Crippen LogP contribution in [0, 0.1) is 5.92 Å². The van der Waals surface area contributed by atoms with Crippen LogP contribution < -0.4 is 4.74 Å². The van der Waals surface area contributed by atoms with Crippen molar-refractivity contribution < 1.29 is 14.3 Å². The van der Waals surface area contributed by atoms with Crippen molar-refractivity contribution in [3.05, 3.63) is 23.9 Å². The highest BCUT2D eigenvalue weighted by molar-refractivity contribution is 7.80. The smallest absolute Gasteiger partial charge is 0.410 e. The summed E-state index contributed by atoms with van der Waals surface area (Å²) in [4.78, 5) is 18.1. The highest BCUT2D eigenvalue weighted by Gasteiger charge is 2.34. The maximum absolute atomic E-state index is 12.1. The van der Waals surface area contributed by atoms with Crippen LogP contribution in [0.4, 0.5) is 4.79 Å². The number of hydrogen-bond donors (Lipinski definition) is 1. The molecule has 0 saturated carbocycles. The number of amides is 1. The van der Waals surface area contributed by atoms with Gasteiger partial charge in [-0.15, -0.1) is 0 Å². The number of thiol groups is 1. The number of nitrogens with zero attached hydrogens (tertiary/aromatic N) is 2. The van der Waals surface area contributed by atoms with Crippen LogP contribution in [-0.4, -0.2) is 41.8 Å². The first-order chi connectivity index (χ1) is 10.3. The molecule has 1 aliphatic rings. The van der Waals surface area contributed by atoms with Gasteiger partial charge >= 0.3 is 6.09 Å². The summed E-state index contributed by atoms with van der Waals surface area (Å²) in [5, 5.41) is -0.0175. The van der Waals surface area contributed by atoms with E-state index in [4.69, 9.17) is 22.1 Å². The standard InChI is InChI=1S/C16H24N2O3S/c1-16(2,3)21-15(19)18-9-7-11(10-18)13(22)12-6-5-8-17-14(12)20-4/h5-6,8,11,13,22H,7,9-10H2,1-4H3/t11-,13?/m0/s1. The Morgan fingerprint density at radius 2 is 2.23 bits per heavy atom. The van der Waals surface area contributed by atoms with E-state index in [-0.39, 0.29) is 17.3 Å². The molecule has 1 aliphatic heterocycles. The first-order valence-electron chi connectivity index (χ1n) is 7.46. The molecule has 0 spiro atoms. The number of ether oxygens (including phenoxy) is 2. The van der Waals surface area contributed by atoms with E-state index in [1.807, 2.05) is 32.9 Å². The second kappa shape index (κ2) is 6.77. The minimum absolute atomic E-state index is 0.0175. The molecular weight excluding hydrogens is 300 g/mol. The number of rotatable bonds is 3. The fourth-order valence-electron chi connectivity index (χ4n) is 2.59. The monoisotopic (exact) mass is 324 g/mol. The molecule has 1 saturated heterocycles. The Bertz CT molecular complexity index is 530. The Kier molecular flexibility index (Phi) is 5.21. The predicted octanol–water partition coefficient (Wildman–Crippen LogP) is 3.32. The van der Waals surface area contributed by atoms with Crippen molar-refractivity contribution in [3.63, 3.8) is 0 Å². The summed E-state index contributed by atoms with van der Waals surface area (Å²) in [6, 6.07) is 3.85. The third kappa shape index (κ3) is 4.06. The zero-order chi connectivity index (χ0) is 16.3. The lowest BCUT2D eigenvalue weighted by Crippen LogP contribution is -2.35. The fraction of sp³-hybridized carbons (Fsp3) is 0.625. The SMILES string of the molecule is COc1ncccc1C(S)[C@H]1CCN(C(=O)OC(C)(C)C)C1. The van der Waals surface area contributed by atoms with Gasteiger partial charge in [-0.2, -0.15) is 12.6 Å². The molecule has 1 fully saturated rings. The largest absolute Gasteiger partial charge is 0.481 e. The lowest BCUT2D eigenvalue weighted by atomic mass is 9.98. The van der Waals surface area contributed by atoms with Gasteiger partial charge in [0.25, 0.3) is 0 Å². The number of likely N-dealkylation sites (tertiary alicyclic amines) is 1. The topological polar surface area (TPSA) is 51.7 Å². The Balaban J connectivity index is 2.02. The third-order valence-electron chi connectivity index (χ3n) is 3.64. The number of aromatic nitrogens is 1. The molecule has 122 valence electrons. The van der Waals surface area contributed by atoms with Crippen LogP contribution in [0.3, 0.4) is 0 Å². The maximum atomic E-state index is 12.1. The zero-order valence-corrected chi connectivity index (χ0v) is 14.5. The van der Waals surface area contributed by atoms with Gasteiger partial charge in [0, 0.05) is 30.1 Å². The molecule has 1 unspecified atom stereocenters. The molecule has 2 rings (SSSR count). The average molecular weight is 324 g/mol. The number of hydrogen-bond acceptors (Lipinski definition) is 5. The van der Waals surface area contributed by atoms with E-state index in [1.54, 1.807) is 18.2 Å². The molecule has 0 aliphatic carbocycles. The van der Waals surface area contributed by atoms with Crippen molar-refractivity contribution in [3.8, 4) is 5.88 Å². The molecule has 2 atom stereocenters. The van der Waals surface area contributed by atoms with Crippen LogP contribution in [0.2, 0.25) is 0 Å². The summed E-state index contributed by atoms with van der Waals surface area (Å²) >= 11 is 4.73. The van der Waals surface area contributed by atoms with E-state index in [0.717, 1.165) is 12.0 Å². The molecule has 5 nitrogen and oxygen atoms in total. The third-order valence-corrected chi connectivity index (χ3v) is 4.34. The van der Waals surface area contributed by atoms with Gasteiger partial charge in [-0.05, 0) is 39.2 Å². The lowest BCUT2D eigenvalue weighted by Gasteiger charge is -2.25. The maximum Gasteiger partial charge on any atom is 0.410 e.